The highest BCUT2D eigenvalue weighted by molar-refractivity contribution is 6.03. The van der Waals surface area contributed by atoms with Crippen LogP contribution in [0.4, 0.5) is 14.5 Å². The predicted octanol–water partition coefficient (Wildman–Crippen LogP) is 2.92. The van der Waals surface area contributed by atoms with Crippen molar-refractivity contribution >= 4 is 17.5 Å². The van der Waals surface area contributed by atoms with Crippen LogP contribution < -0.4 is 10.6 Å². The van der Waals surface area contributed by atoms with Crippen LogP contribution in [-0.4, -0.2) is 11.8 Å². The fourth-order valence-electron chi connectivity index (χ4n) is 1.90. The van der Waals surface area contributed by atoms with E-state index < -0.39 is 29.9 Å². The molecule has 0 fully saturated rings. The van der Waals surface area contributed by atoms with Gasteiger partial charge in [-0.05, 0) is 24.6 Å². The molecule has 6 heteroatoms. The van der Waals surface area contributed by atoms with Crippen molar-refractivity contribution in [3.63, 3.8) is 0 Å². The number of halogens is 2. The van der Waals surface area contributed by atoms with Gasteiger partial charge in [0.15, 0.2) is 0 Å². The molecular weight excluding hydrogens is 302 g/mol. The van der Waals surface area contributed by atoms with Crippen molar-refractivity contribution in [3.8, 4) is 0 Å². The standard InChI is InChI=1S/C17H16F2N2O2/c1-11-2-4-12(5-3-11)10-20-16(22)9-17(23)21-15-7-6-13(18)8-14(15)19/h2-8H,9-10H2,1H3,(H,20,22)(H,21,23). The maximum Gasteiger partial charge on any atom is 0.233 e. The molecular formula is C17H16F2N2O2. The summed E-state index contributed by atoms with van der Waals surface area (Å²) in [6, 6.07) is 10.4. The molecule has 2 N–H and O–H groups in total. The average molecular weight is 318 g/mol. The first-order valence-electron chi connectivity index (χ1n) is 7.01. The average Bonchev–Trinajstić information content (AvgIpc) is 2.49. The molecule has 2 aromatic carbocycles. The molecule has 23 heavy (non-hydrogen) atoms. The Kier molecular flexibility index (Phi) is 5.41. The monoisotopic (exact) mass is 318 g/mol. The number of nitrogens with one attached hydrogen (secondary N) is 2. The van der Waals surface area contributed by atoms with Crippen LogP contribution in [0.5, 0.6) is 0 Å². The summed E-state index contributed by atoms with van der Waals surface area (Å²) in [5, 5.41) is 4.84. The van der Waals surface area contributed by atoms with Crippen molar-refractivity contribution in [1.29, 1.82) is 0 Å². The number of hydrogen-bond donors (Lipinski definition) is 2. The second-order valence-corrected chi connectivity index (χ2v) is 5.11. The van der Waals surface area contributed by atoms with Gasteiger partial charge in [-0.25, -0.2) is 8.78 Å². The minimum absolute atomic E-state index is 0.164. The second kappa shape index (κ2) is 7.49. The van der Waals surface area contributed by atoms with E-state index in [2.05, 4.69) is 10.6 Å². The zero-order valence-electron chi connectivity index (χ0n) is 12.5. The number of hydrogen-bond acceptors (Lipinski definition) is 2. The molecule has 2 rings (SSSR count). The van der Waals surface area contributed by atoms with E-state index in [1.54, 1.807) is 0 Å². The number of carbonyl (C=O) groups excluding carboxylic acids is 2. The third-order valence-electron chi connectivity index (χ3n) is 3.14. The van der Waals surface area contributed by atoms with Crippen molar-refractivity contribution in [2.24, 2.45) is 0 Å². The van der Waals surface area contributed by atoms with Crippen LogP contribution in [0.25, 0.3) is 0 Å². The van der Waals surface area contributed by atoms with E-state index in [0.717, 1.165) is 23.3 Å². The maximum absolute atomic E-state index is 13.4. The fourth-order valence-corrected chi connectivity index (χ4v) is 1.90. The highest BCUT2D eigenvalue weighted by Gasteiger charge is 2.12. The Morgan fingerprint density at radius 1 is 1.00 bits per heavy atom. The lowest BCUT2D eigenvalue weighted by atomic mass is 10.1. The van der Waals surface area contributed by atoms with Gasteiger partial charge in [0.25, 0.3) is 0 Å². The highest BCUT2D eigenvalue weighted by Crippen LogP contribution is 2.15. The van der Waals surface area contributed by atoms with Crippen molar-refractivity contribution in [2.75, 3.05) is 5.32 Å². The van der Waals surface area contributed by atoms with Crippen LogP contribution in [0.15, 0.2) is 42.5 Å². The lowest BCUT2D eigenvalue weighted by Crippen LogP contribution is -2.27. The van der Waals surface area contributed by atoms with Gasteiger partial charge in [-0.2, -0.15) is 0 Å². The summed E-state index contributed by atoms with van der Waals surface area (Å²) in [7, 11) is 0. The Labute approximate surface area is 132 Å². The molecule has 0 aromatic heterocycles. The molecule has 0 saturated carbocycles. The third kappa shape index (κ3) is 5.18. The molecule has 0 heterocycles. The number of anilines is 1. The molecule has 0 saturated heterocycles. The van der Waals surface area contributed by atoms with Crippen LogP contribution >= 0.6 is 0 Å². The van der Waals surface area contributed by atoms with Crippen molar-refractivity contribution in [2.45, 2.75) is 19.9 Å². The van der Waals surface area contributed by atoms with Gasteiger partial charge in [-0.3, -0.25) is 9.59 Å². The van der Waals surface area contributed by atoms with Gasteiger partial charge >= 0.3 is 0 Å². The van der Waals surface area contributed by atoms with E-state index in [4.69, 9.17) is 0 Å². The molecule has 4 nitrogen and oxygen atoms in total. The summed E-state index contributed by atoms with van der Waals surface area (Å²) in [5.41, 5.74) is 1.86. The van der Waals surface area contributed by atoms with Gasteiger partial charge in [0.1, 0.15) is 18.1 Å². The minimum Gasteiger partial charge on any atom is -0.352 e. The molecule has 120 valence electrons. The van der Waals surface area contributed by atoms with Gasteiger partial charge in [0, 0.05) is 12.6 Å². The molecule has 2 amide bonds. The van der Waals surface area contributed by atoms with Crippen molar-refractivity contribution < 1.29 is 18.4 Å². The van der Waals surface area contributed by atoms with E-state index in [-0.39, 0.29) is 5.69 Å². The van der Waals surface area contributed by atoms with E-state index in [9.17, 15) is 18.4 Å². The van der Waals surface area contributed by atoms with Gasteiger partial charge in [-0.1, -0.05) is 29.8 Å². The first-order chi connectivity index (χ1) is 10.9. The van der Waals surface area contributed by atoms with E-state index in [0.29, 0.717) is 12.6 Å². The molecule has 0 atom stereocenters. The lowest BCUT2D eigenvalue weighted by molar-refractivity contribution is -0.126. The smallest absolute Gasteiger partial charge is 0.233 e. The molecule has 0 spiro atoms. The lowest BCUT2D eigenvalue weighted by Gasteiger charge is -2.08. The molecule has 0 aliphatic rings. The Morgan fingerprint density at radius 2 is 1.70 bits per heavy atom. The second-order valence-electron chi connectivity index (χ2n) is 5.11. The topological polar surface area (TPSA) is 58.2 Å². The van der Waals surface area contributed by atoms with Crippen LogP contribution in [0, 0.1) is 18.6 Å². The Morgan fingerprint density at radius 3 is 2.35 bits per heavy atom. The Balaban J connectivity index is 1.82. The molecule has 0 unspecified atom stereocenters. The number of aryl methyl sites for hydroxylation is 1. The van der Waals surface area contributed by atoms with Crippen molar-refractivity contribution in [1.82, 2.24) is 5.32 Å². The van der Waals surface area contributed by atoms with Crippen LogP contribution in [-0.2, 0) is 16.1 Å². The van der Waals surface area contributed by atoms with Crippen molar-refractivity contribution in [3.05, 3.63) is 65.2 Å². The van der Waals surface area contributed by atoms with Crippen LogP contribution in [0.1, 0.15) is 17.5 Å². The molecule has 0 radical (unpaired) electrons. The summed E-state index contributed by atoms with van der Waals surface area (Å²) < 4.78 is 26.2. The summed E-state index contributed by atoms with van der Waals surface area (Å²) in [5.74, 6) is -2.78. The fraction of sp³-hybridized carbons (Fsp3) is 0.176. The van der Waals surface area contributed by atoms with E-state index in [1.165, 1.54) is 0 Å². The Hall–Kier alpha value is -2.76. The number of benzene rings is 2. The Bertz CT molecular complexity index is 715. The van der Waals surface area contributed by atoms with Gasteiger partial charge < -0.3 is 10.6 Å². The van der Waals surface area contributed by atoms with Gasteiger partial charge in [0.2, 0.25) is 11.8 Å². The maximum atomic E-state index is 13.4. The summed E-state index contributed by atoms with van der Waals surface area (Å²) >= 11 is 0. The largest absolute Gasteiger partial charge is 0.352 e. The third-order valence-corrected chi connectivity index (χ3v) is 3.14. The summed E-state index contributed by atoms with van der Waals surface area (Å²) in [6.45, 7) is 2.26. The van der Waals surface area contributed by atoms with Crippen LogP contribution in [0.2, 0.25) is 0 Å². The zero-order valence-corrected chi connectivity index (χ0v) is 12.5. The quantitative estimate of drug-likeness (QED) is 0.833. The van der Waals surface area contributed by atoms with Gasteiger partial charge in [0.05, 0.1) is 5.69 Å². The van der Waals surface area contributed by atoms with E-state index in [1.807, 2.05) is 31.2 Å². The van der Waals surface area contributed by atoms with Gasteiger partial charge in [-0.15, -0.1) is 0 Å². The minimum atomic E-state index is -0.890. The predicted molar refractivity (Wildman–Crippen MR) is 82.6 cm³/mol. The molecule has 2 aromatic rings. The zero-order chi connectivity index (χ0) is 16.8. The van der Waals surface area contributed by atoms with Crippen LogP contribution in [0.3, 0.4) is 0 Å². The molecule has 0 bridgehead atoms. The molecule has 0 aliphatic heterocycles. The van der Waals surface area contributed by atoms with E-state index >= 15 is 0 Å². The molecule has 0 aliphatic carbocycles. The SMILES string of the molecule is Cc1ccc(CNC(=O)CC(=O)Nc2ccc(F)cc2F)cc1. The summed E-state index contributed by atoms with van der Waals surface area (Å²) in [4.78, 5) is 23.4. The first kappa shape index (κ1) is 16.6. The normalized spacial score (nSPS) is 10.2. The highest BCUT2D eigenvalue weighted by atomic mass is 19.1. The number of rotatable bonds is 5. The number of amides is 2. The number of carbonyl (C=O) groups is 2. The first-order valence-corrected chi connectivity index (χ1v) is 7.01. The summed E-state index contributed by atoms with van der Waals surface area (Å²) in [6.07, 6.45) is -0.442.